The summed E-state index contributed by atoms with van der Waals surface area (Å²) in [6.45, 7) is 8.01. The number of hydrogen-bond donors (Lipinski definition) is 0. The van der Waals surface area contributed by atoms with Crippen molar-refractivity contribution in [1.29, 1.82) is 0 Å². The molecule has 0 unspecified atom stereocenters. The van der Waals surface area contributed by atoms with Gasteiger partial charge in [0, 0.05) is 24.6 Å². The quantitative estimate of drug-likeness (QED) is 0.708. The highest BCUT2D eigenvalue weighted by molar-refractivity contribution is 5.96. The number of benzene rings is 1. The normalized spacial score (nSPS) is 11.2. The maximum atomic E-state index is 12.7. The van der Waals surface area contributed by atoms with Crippen LogP contribution in [0.3, 0.4) is 0 Å². The van der Waals surface area contributed by atoms with E-state index >= 15 is 0 Å². The molecule has 0 saturated carbocycles. The lowest BCUT2D eigenvalue weighted by Gasteiger charge is -2.24. The maximum Gasteiger partial charge on any atom is 0.164 e. The Balaban J connectivity index is 2.52. The van der Waals surface area contributed by atoms with Crippen molar-refractivity contribution in [3.8, 4) is 0 Å². The highest BCUT2D eigenvalue weighted by atomic mass is 19.1. The molecular weight excluding hydrogens is 217 g/mol. The van der Waals surface area contributed by atoms with Gasteiger partial charge in [-0.1, -0.05) is 6.92 Å². The molecule has 2 nitrogen and oxygen atoms in total. The van der Waals surface area contributed by atoms with Crippen LogP contribution < -0.4 is 0 Å². The summed E-state index contributed by atoms with van der Waals surface area (Å²) in [5.74, 6) is -0.233. The van der Waals surface area contributed by atoms with Gasteiger partial charge in [0.25, 0.3) is 0 Å². The summed E-state index contributed by atoms with van der Waals surface area (Å²) in [4.78, 5) is 14.1. The molecule has 0 aliphatic rings. The van der Waals surface area contributed by atoms with E-state index in [1.807, 2.05) is 0 Å². The van der Waals surface area contributed by atoms with Crippen LogP contribution in [0, 0.1) is 5.82 Å². The summed E-state index contributed by atoms with van der Waals surface area (Å²) in [5, 5.41) is 0. The monoisotopic (exact) mass is 237 g/mol. The average molecular weight is 237 g/mol. The molecule has 0 atom stereocenters. The minimum absolute atomic E-state index is 0.0732. The first kappa shape index (κ1) is 13.8. The topological polar surface area (TPSA) is 20.3 Å². The molecule has 0 spiro atoms. The van der Waals surface area contributed by atoms with Gasteiger partial charge in [-0.25, -0.2) is 4.39 Å². The van der Waals surface area contributed by atoms with Gasteiger partial charge in [-0.2, -0.15) is 0 Å². The van der Waals surface area contributed by atoms with Crippen LogP contribution in [-0.4, -0.2) is 29.8 Å². The Bertz CT molecular complexity index is 359. The van der Waals surface area contributed by atoms with Crippen molar-refractivity contribution in [1.82, 2.24) is 4.90 Å². The lowest BCUT2D eigenvalue weighted by Crippen LogP contribution is -2.32. The summed E-state index contributed by atoms with van der Waals surface area (Å²) >= 11 is 0. The Morgan fingerprint density at radius 3 is 2.35 bits per heavy atom. The van der Waals surface area contributed by atoms with Crippen LogP contribution in [0.25, 0.3) is 0 Å². The summed E-state index contributed by atoms with van der Waals surface area (Å²) in [7, 11) is 0. The number of Topliss-reactive ketones (excluding diaryl/α,β-unsaturated/α-hetero) is 1. The first-order valence-corrected chi connectivity index (χ1v) is 6.07. The SMILES string of the molecule is CCN(CCC(=O)c1ccc(F)cc1)C(C)C. The molecule has 0 N–H and O–H groups in total. The predicted molar refractivity (Wildman–Crippen MR) is 67.7 cm³/mol. The van der Waals surface area contributed by atoms with Crippen LogP contribution in [0.4, 0.5) is 4.39 Å². The fraction of sp³-hybridized carbons (Fsp3) is 0.500. The molecule has 0 aromatic heterocycles. The van der Waals surface area contributed by atoms with Gasteiger partial charge in [0.15, 0.2) is 5.78 Å². The van der Waals surface area contributed by atoms with E-state index in [2.05, 4.69) is 25.7 Å². The number of halogens is 1. The Kier molecular flexibility index (Phi) is 5.29. The van der Waals surface area contributed by atoms with Gasteiger partial charge in [0.05, 0.1) is 0 Å². The Labute approximate surface area is 102 Å². The van der Waals surface area contributed by atoms with Gasteiger partial charge in [0.2, 0.25) is 0 Å². The second kappa shape index (κ2) is 6.50. The third-order valence-corrected chi connectivity index (χ3v) is 2.93. The van der Waals surface area contributed by atoms with Crippen molar-refractivity contribution in [2.24, 2.45) is 0 Å². The molecular formula is C14H20FNO. The van der Waals surface area contributed by atoms with Gasteiger partial charge in [0.1, 0.15) is 5.82 Å². The number of nitrogens with zero attached hydrogens (tertiary/aromatic N) is 1. The zero-order valence-electron chi connectivity index (χ0n) is 10.7. The van der Waals surface area contributed by atoms with E-state index in [4.69, 9.17) is 0 Å². The Morgan fingerprint density at radius 2 is 1.88 bits per heavy atom. The third kappa shape index (κ3) is 4.27. The molecule has 0 radical (unpaired) electrons. The van der Waals surface area contributed by atoms with Crippen LogP contribution in [-0.2, 0) is 0 Å². The lowest BCUT2D eigenvalue weighted by atomic mass is 10.1. The maximum absolute atomic E-state index is 12.7. The van der Waals surface area contributed by atoms with Gasteiger partial charge >= 0.3 is 0 Å². The van der Waals surface area contributed by atoms with Gasteiger partial charge in [-0.15, -0.1) is 0 Å². The smallest absolute Gasteiger partial charge is 0.164 e. The Hall–Kier alpha value is -1.22. The van der Waals surface area contributed by atoms with Crippen molar-refractivity contribution in [2.75, 3.05) is 13.1 Å². The average Bonchev–Trinajstić information content (AvgIpc) is 2.30. The van der Waals surface area contributed by atoms with E-state index in [0.717, 1.165) is 13.1 Å². The van der Waals surface area contributed by atoms with E-state index in [1.165, 1.54) is 12.1 Å². The van der Waals surface area contributed by atoms with Crippen molar-refractivity contribution in [3.63, 3.8) is 0 Å². The minimum atomic E-state index is -0.307. The third-order valence-electron chi connectivity index (χ3n) is 2.93. The van der Waals surface area contributed by atoms with Crippen LogP contribution in [0.15, 0.2) is 24.3 Å². The lowest BCUT2D eigenvalue weighted by molar-refractivity contribution is 0.0958. The molecule has 0 saturated heterocycles. The molecule has 3 heteroatoms. The molecule has 94 valence electrons. The standard InChI is InChI=1S/C14H20FNO/c1-4-16(11(2)3)10-9-14(17)12-5-7-13(15)8-6-12/h5-8,11H,4,9-10H2,1-3H3. The van der Waals surface area contributed by atoms with Crippen molar-refractivity contribution in [2.45, 2.75) is 33.2 Å². The molecule has 0 bridgehead atoms. The highest BCUT2D eigenvalue weighted by Crippen LogP contribution is 2.07. The van der Waals surface area contributed by atoms with E-state index < -0.39 is 0 Å². The van der Waals surface area contributed by atoms with E-state index in [0.29, 0.717) is 18.0 Å². The van der Waals surface area contributed by atoms with Crippen LogP contribution in [0.2, 0.25) is 0 Å². The van der Waals surface area contributed by atoms with Crippen molar-refractivity contribution in [3.05, 3.63) is 35.6 Å². The second-order valence-electron chi connectivity index (χ2n) is 4.40. The highest BCUT2D eigenvalue weighted by Gasteiger charge is 2.11. The summed E-state index contributed by atoms with van der Waals surface area (Å²) in [5.41, 5.74) is 0.589. The fourth-order valence-electron chi connectivity index (χ4n) is 1.81. The number of carbonyl (C=O) groups is 1. The number of hydrogen-bond acceptors (Lipinski definition) is 2. The summed E-state index contributed by atoms with van der Waals surface area (Å²) in [6, 6.07) is 6.19. The van der Waals surface area contributed by atoms with Gasteiger partial charge in [-0.3, -0.25) is 4.79 Å². The molecule has 1 aromatic carbocycles. The number of rotatable bonds is 6. The van der Waals surface area contributed by atoms with E-state index in [1.54, 1.807) is 12.1 Å². The molecule has 0 aliphatic carbocycles. The van der Waals surface area contributed by atoms with E-state index in [9.17, 15) is 9.18 Å². The second-order valence-corrected chi connectivity index (χ2v) is 4.40. The summed E-state index contributed by atoms with van der Waals surface area (Å²) < 4.78 is 12.7. The molecule has 1 aromatic rings. The van der Waals surface area contributed by atoms with Crippen LogP contribution in [0.5, 0.6) is 0 Å². The summed E-state index contributed by atoms with van der Waals surface area (Å²) in [6.07, 6.45) is 0.484. The van der Waals surface area contributed by atoms with Gasteiger partial charge in [-0.05, 0) is 44.7 Å². The zero-order valence-corrected chi connectivity index (χ0v) is 10.7. The first-order chi connectivity index (χ1) is 8.04. The number of ketones is 1. The van der Waals surface area contributed by atoms with Gasteiger partial charge < -0.3 is 4.90 Å². The molecule has 0 fully saturated rings. The molecule has 17 heavy (non-hydrogen) atoms. The molecule has 0 aliphatic heterocycles. The largest absolute Gasteiger partial charge is 0.301 e. The predicted octanol–water partition coefficient (Wildman–Crippen LogP) is 3.13. The van der Waals surface area contributed by atoms with Crippen molar-refractivity contribution >= 4 is 5.78 Å². The number of carbonyl (C=O) groups excluding carboxylic acids is 1. The molecule has 0 amide bonds. The van der Waals surface area contributed by atoms with Crippen molar-refractivity contribution < 1.29 is 9.18 Å². The molecule has 1 rings (SSSR count). The van der Waals surface area contributed by atoms with Crippen LogP contribution >= 0.6 is 0 Å². The Morgan fingerprint density at radius 1 is 1.29 bits per heavy atom. The minimum Gasteiger partial charge on any atom is -0.301 e. The van der Waals surface area contributed by atoms with E-state index in [-0.39, 0.29) is 11.6 Å². The fourth-order valence-corrected chi connectivity index (χ4v) is 1.81. The zero-order chi connectivity index (χ0) is 12.8. The van der Waals surface area contributed by atoms with Crippen LogP contribution in [0.1, 0.15) is 37.6 Å². The first-order valence-electron chi connectivity index (χ1n) is 6.07. The molecule has 0 heterocycles.